The smallest absolute Gasteiger partial charge is 0.337 e. The van der Waals surface area contributed by atoms with Crippen LogP contribution >= 0.6 is 27.3 Å². The number of carboxylic acid groups (broad SMARTS) is 1. The van der Waals surface area contributed by atoms with Crippen LogP contribution in [0.4, 0.5) is 0 Å². The van der Waals surface area contributed by atoms with Crippen molar-refractivity contribution >= 4 is 44.9 Å². The van der Waals surface area contributed by atoms with Gasteiger partial charge >= 0.3 is 5.97 Å². The van der Waals surface area contributed by atoms with Gasteiger partial charge in [0, 0.05) is 4.88 Å². The Bertz CT molecular complexity index is 691. The first-order valence-electron chi connectivity index (χ1n) is 5.73. The quantitative estimate of drug-likeness (QED) is 0.852. The van der Waals surface area contributed by atoms with Gasteiger partial charge in [0.1, 0.15) is 0 Å². The molecule has 1 N–H and O–H groups in total. The van der Waals surface area contributed by atoms with Crippen LogP contribution in [0.15, 0.2) is 34.1 Å². The van der Waals surface area contributed by atoms with Crippen molar-refractivity contribution in [3.8, 4) is 11.5 Å². The number of hydrogen-bond acceptors (Lipinski definition) is 4. The Hall–Kier alpha value is -1.79. The second-order valence-electron chi connectivity index (χ2n) is 4.08. The standard InChI is InChI=1S/C14H9BrO4S/c15-10-5-8(6-11-13(10)19-7-18-11)4-9(14(16)17)12-2-1-3-20-12/h1-6H,7H2,(H,16,17)/b9-4-. The number of rotatable bonds is 3. The molecular formula is C14H9BrO4S. The van der Waals surface area contributed by atoms with Crippen LogP contribution in [0.3, 0.4) is 0 Å². The summed E-state index contributed by atoms with van der Waals surface area (Å²) >= 11 is 4.79. The fourth-order valence-electron chi connectivity index (χ4n) is 1.91. The summed E-state index contributed by atoms with van der Waals surface area (Å²) in [4.78, 5) is 12.1. The third kappa shape index (κ3) is 2.44. The van der Waals surface area contributed by atoms with E-state index in [0.29, 0.717) is 16.4 Å². The lowest BCUT2D eigenvalue weighted by Crippen LogP contribution is -1.97. The largest absolute Gasteiger partial charge is 0.478 e. The van der Waals surface area contributed by atoms with E-state index in [2.05, 4.69) is 15.9 Å². The van der Waals surface area contributed by atoms with E-state index in [1.54, 1.807) is 18.2 Å². The number of halogens is 1. The highest BCUT2D eigenvalue weighted by molar-refractivity contribution is 9.10. The molecule has 102 valence electrons. The Balaban J connectivity index is 2.06. The zero-order chi connectivity index (χ0) is 14.1. The van der Waals surface area contributed by atoms with Gasteiger partial charge in [0.2, 0.25) is 6.79 Å². The Morgan fingerprint density at radius 3 is 2.95 bits per heavy atom. The average molecular weight is 353 g/mol. The van der Waals surface area contributed by atoms with Gasteiger partial charge < -0.3 is 14.6 Å². The van der Waals surface area contributed by atoms with Gasteiger partial charge in [-0.05, 0) is 51.1 Å². The van der Waals surface area contributed by atoms with Gasteiger partial charge in [-0.1, -0.05) is 6.07 Å². The third-order valence-electron chi connectivity index (χ3n) is 2.78. The summed E-state index contributed by atoms with van der Waals surface area (Å²) in [5.74, 6) is 0.304. The zero-order valence-corrected chi connectivity index (χ0v) is 12.5. The van der Waals surface area contributed by atoms with Crippen molar-refractivity contribution in [2.75, 3.05) is 6.79 Å². The van der Waals surface area contributed by atoms with E-state index < -0.39 is 5.97 Å². The van der Waals surface area contributed by atoms with Gasteiger partial charge in [-0.25, -0.2) is 4.79 Å². The predicted molar refractivity (Wildman–Crippen MR) is 80.1 cm³/mol. The molecule has 6 heteroatoms. The second kappa shape index (κ2) is 5.30. The molecule has 1 aromatic heterocycles. The molecule has 0 aliphatic carbocycles. The monoisotopic (exact) mass is 352 g/mol. The molecule has 0 radical (unpaired) electrons. The summed E-state index contributed by atoms with van der Waals surface area (Å²) < 4.78 is 11.4. The van der Waals surface area contributed by atoms with Crippen LogP contribution in [-0.4, -0.2) is 17.9 Å². The van der Waals surface area contributed by atoms with E-state index in [-0.39, 0.29) is 12.4 Å². The summed E-state index contributed by atoms with van der Waals surface area (Å²) in [7, 11) is 0. The van der Waals surface area contributed by atoms with Crippen LogP contribution in [-0.2, 0) is 4.79 Å². The maximum Gasteiger partial charge on any atom is 0.337 e. The SMILES string of the molecule is O=C(O)/C(=C\c1cc(Br)c2c(c1)OCO2)c1cccs1. The number of benzene rings is 1. The summed E-state index contributed by atoms with van der Waals surface area (Å²) in [5, 5.41) is 11.2. The lowest BCUT2D eigenvalue weighted by Gasteiger charge is -2.03. The molecule has 20 heavy (non-hydrogen) atoms. The molecule has 0 spiro atoms. The number of aliphatic carboxylic acids is 1. The molecule has 1 aliphatic heterocycles. The molecule has 3 rings (SSSR count). The van der Waals surface area contributed by atoms with Gasteiger partial charge in [-0.15, -0.1) is 11.3 Å². The fourth-order valence-corrected chi connectivity index (χ4v) is 3.22. The lowest BCUT2D eigenvalue weighted by molar-refractivity contribution is -0.130. The van der Waals surface area contributed by atoms with E-state index in [1.165, 1.54) is 11.3 Å². The van der Waals surface area contributed by atoms with Crippen LogP contribution in [0.1, 0.15) is 10.4 Å². The van der Waals surface area contributed by atoms with Crippen LogP contribution in [0.2, 0.25) is 0 Å². The molecule has 0 amide bonds. The Labute approximate surface area is 127 Å². The van der Waals surface area contributed by atoms with E-state index in [1.807, 2.05) is 17.5 Å². The first-order chi connectivity index (χ1) is 9.65. The second-order valence-corrected chi connectivity index (χ2v) is 5.88. The van der Waals surface area contributed by atoms with E-state index in [9.17, 15) is 9.90 Å². The Kier molecular flexibility index (Phi) is 3.50. The average Bonchev–Trinajstić information content (AvgIpc) is 3.06. The molecule has 0 fully saturated rings. The molecule has 0 saturated carbocycles. The van der Waals surface area contributed by atoms with Crippen LogP contribution in [0, 0.1) is 0 Å². The van der Waals surface area contributed by atoms with Crippen molar-refractivity contribution in [1.29, 1.82) is 0 Å². The highest BCUT2D eigenvalue weighted by Crippen LogP contribution is 2.40. The minimum Gasteiger partial charge on any atom is -0.478 e. The Morgan fingerprint density at radius 1 is 1.40 bits per heavy atom. The van der Waals surface area contributed by atoms with Gasteiger partial charge in [0.25, 0.3) is 0 Å². The molecule has 1 aromatic carbocycles. The molecule has 1 aliphatic rings. The molecule has 0 unspecified atom stereocenters. The number of carbonyl (C=O) groups is 1. The third-order valence-corrected chi connectivity index (χ3v) is 4.27. The number of ether oxygens (including phenoxy) is 2. The van der Waals surface area contributed by atoms with Gasteiger partial charge in [0.05, 0.1) is 10.0 Å². The van der Waals surface area contributed by atoms with Gasteiger partial charge in [-0.3, -0.25) is 0 Å². The van der Waals surface area contributed by atoms with E-state index in [4.69, 9.17) is 9.47 Å². The molecular weight excluding hydrogens is 344 g/mol. The summed E-state index contributed by atoms with van der Waals surface area (Å²) in [6, 6.07) is 7.19. The number of thiophene rings is 1. The zero-order valence-electron chi connectivity index (χ0n) is 10.1. The van der Waals surface area contributed by atoms with Crippen molar-refractivity contribution in [3.05, 3.63) is 44.6 Å². The molecule has 2 aromatic rings. The van der Waals surface area contributed by atoms with Crippen LogP contribution in [0.25, 0.3) is 11.6 Å². The van der Waals surface area contributed by atoms with Crippen molar-refractivity contribution in [2.45, 2.75) is 0 Å². The highest BCUT2D eigenvalue weighted by Gasteiger charge is 2.18. The number of fused-ring (bicyclic) bond motifs is 1. The lowest BCUT2D eigenvalue weighted by atomic mass is 10.1. The molecule has 0 saturated heterocycles. The first kappa shape index (κ1) is 13.2. The summed E-state index contributed by atoms with van der Waals surface area (Å²) in [6.45, 7) is 0.178. The normalized spacial score (nSPS) is 13.6. The molecule has 4 nitrogen and oxygen atoms in total. The molecule has 0 bridgehead atoms. The minimum atomic E-state index is -0.957. The topological polar surface area (TPSA) is 55.8 Å². The molecule has 2 heterocycles. The fraction of sp³-hybridized carbons (Fsp3) is 0.0714. The highest BCUT2D eigenvalue weighted by atomic mass is 79.9. The Morgan fingerprint density at radius 2 is 2.25 bits per heavy atom. The van der Waals surface area contributed by atoms with Gasteiger partial charge in [-0.2, -0.15) is 0 Å². The van der Waals surface area contributed by atoms with Crippen molar-refractivity contribution in [2.24, 2.45) is 0 Å². The first-order valence-corrected chi connectivity index (χ1v) is 7.40. The molecule has 0 atom stereocenters. The summed E-state index contributed by atoms with van der Waals surface area (Å²) in [6.07, 6.45) is 1.63. The van der Waals surface area contributed by atoms with Crippen molar-refractivity contribution < 1.29 is 19.4 Å². The van der Waals surface area contributed by atoms with Crippen LogP contribution in [0.5, 0.6) is 11.5 Å². The van der Waals surface area contributed by atoms with Crippen LogP contribution < -0.4 is 9.47 Å². The maximum absolute atomic E-state index is 11.4. The maximum atomic E-state index is 11.4. The number of carboxylic acids is 1. The minimum absolute atomic E-state index is 0.178. The van der Waals surface area contributed by atoms with E-state index in [0.717, 1.165) is 10.0 Å². The predicted octanol–water partition coefficient (Wildman–Crippen LogP) is 3.86. The number of hydrogen-bond donors (Lipinski definition) is 1. The van der Waals surface area contributed by atoms with E-state index >= 15 is 0 Å². The van der Waals surface area contributed by atoms with Gasteiger partial charge in [0.15, 0.2) is 11.5 Å². The van der Waals surface area contributed by atoms with Crippen molar-refractivity contribution in [1.82, 2.24) is 0 Å². The summed E-state index contributed by atoms with van der Waals surface area (Å²) in [5.41, 5.74) is 0.998. The van der Waals surface area contributed by atoms with Crippen molar-refractivity contribution in [3.63, 3.8) is 0 Å².